The van der Waals surface area contributed by atoms with Gasteiger partial charge in [-0.15, -0.1) is 0 Å². The van der Waals surface area contributed by atoms with Gasteiger partial charge in [-0.1, -0.05) is 6.92 Å². The Hall–Kier alpha value is -1.30. The molecule has 2 saturated heterocycles. The average Bonchev–Trinajstić information content (AvgIpc) is 2.53. The molecular formula is C15H27N3O3. The number of carbonyl (C=O) groups is 2. The Labute approximate surface area is 126 Å². The van der Waals surface area contributed by atoms with Crippen LogP contribution in [0.2, 0.25) is 0 Å². The zero-order valence-electron chi connectivity index (χ0n) is 13.1. The maximum Gasteiger partial charge on any atom is 0.326 e. The summed E-state index contributed by atoms with van der Waals surface area (Å²) in [5.41, 5.74) is 0. The van der Waals surface area contributed by atoms with Crippen molar-refractivity contribution in [1.82, 2.24) is 14.7 Å². The van der Waals surface area contributed by atoms with Gasteiger partial charge in [-0.2, -0.15) is 0 Å². The number of amides is 2. The molecule has 0 aromatic heterocycles. The van der Waals surface area contributed by atoms with E-state index >= 15 is 0 Å². The Bertz CT molecular complexity index is 380. The van der Waals surface area contributed by atoms with E-state index in [2.05, 4.69) is 11.8 Å². The molecule has 6 heteroatoms. The maximum absolute atomic E-state index is 12.6. The monoisotopic (exact) mass is 297 g/mol. The number of aliphatic carboxylic acids is 1. The summed E-state index contributed by atoms with van der Waals surface area (Å²) in [4.78, 5) is 29.7. The smallest absolute Gasteiger partial charge is 0.326 e. The lowest BCUT2D eigenvalue weighted by Gasteiger charge is -2.41. The Morgan fingerprint density at radius 3 is 2.38 bits per heavy atom. The molecule has 120 valence electrons. The second-order valence-electron chi connectivity index (χ2n) is 6.10. The minimum absolute atomic E-state index is 0.114. The van der Waals surface area contributed by atoms with Crippen LogP contribution < -0.4 is 0 Å². The summed E-state index contributed by atoms with van der Waals surface area (Å²) in [7, 11) is 1.82. The zero-order valence-corrected chi connectivity index (χ0v) is 13.1. The van der Waals surface area contributed by atoms with Crippen molar-refractivity contribution in [2.24, 2.45) is 0 Å². The van der Waals surface area contributed by atoms with E-state index in [0.717, 1.165) is 45.3 Å². The standard InChI is InChI=1S/C15H27N3O3/c1-3-17-10-7-12(8-11-17)16(2)15(21)18-9-5-4-6-13(18)14(19)20/h12-13H,3-11H2,1-2H3,(H,19,20). The Morgan fingerprint density at radius 1 is 1.14 bits per heavy atom. The van der Waals surface area contributed by atoms with E-state index in [0.29, 0.717) is 13.0 Å². The van der Waals surface area contributed by atoms with E-state index in [9.17, 15) is 14.7 Å². The van der Waals surface area contributed by atoms with Gasteiger partial charge in [0, 0.05) is 32.7 Å². The van der Waals surface area contributed by atoms with Crippen molar-refractivity contribution in [1.29, 1.82) is 0 Å². The third kappa shape index (κ3) is 3.67. The molecule has 0 aliphatic carbocycles. The van der Waals surface area contributed by atoms with Crippen LogP contribution in [0.3, 0.4) is 0 Å². The molecule has 1 N–H and O–H groups in total. The number of rotatable bonds is 3. The number of urea groups is 1. The predicted octanol–water partition coefficient (Wildman–Crippen LogP) is 1.46. The van der Waals surface area contributed by atoms with Crippen LogP contribution in [0.4, 0.5) is 4.79 Å². The number of carbonyl (C=O) groups excluding carboxylic acids is 1. The van der Waals surface area contributed by atoms with Crippen LogP contribution in [0.1, 0.15) is 39.0 Å². The normalized spacial score (nSPS) is 24.9. The van der Waals surface area contributed by atoms with E-state index in [1.165, 1.54) is 0 Å². The highest BCUT2D eigenvalue weighted by Gasteiger charge is 2.35. The minimum Gasteiger partial charge on any atom is -0.480 e. The number of likely N-dealkylation sites (tertiary alicyclic amines) is 2. The fraction of sp³-hybridized carbons (Fsp3) is 0.867. The molecule has 2 amide bonds. The molecule has 2 heterocycles. The fourth-order valence-electron chi connectivity index (χ4n) is 3.40. The van der Waals surface area contributed by atoms with Crippen LogP contribution in [0.15, 0.2) is 0 Å². The molecule has 0 aromatic carbocycles. The molecule has 6 nitrogen and oxygen atoms in total. The molecule has 1 atom stereocenters. The van der Waals surface area contributed by atoms with Crippen molar-refractivity contribution in [2.75, 3.05) is 33.2 Å². The summed E-state index contributed by atoms with van der Waals surface area (Å²) in [6, 6.07) is -0.529. The van der Waals surface area contributed by atoms with Gasteiger partial charge in [0.25, 0.3) is 0 Å². The number of carboxylic acid groups (broad SMARTS) is 1. The van der Waals surface area contributed by atoms with Crippen LogP contribution in [0.25, 0.3) is 0 Å². The Kier molecular flexibility index (Phi) is 5.45. The SMILES string of the molecule is CCN1CCC(N(C)C(=O)N2CCCCC2C(=O)O)CC1. The van der Waals surface area contributed by atoms with Crippen molar-refractivity contribution in [2.45, 2.75) is 51.1 Å². The summed E-state index contributed by atoms with van der Waals surface area (Å²) in [5, 5.41) is 9.30. The molecule has 0 radical (unpaired) electrons. The van der Waals surface area contributed by atoms with Crippen LogP contribution in [-0.4, -0.2) is 77.1 Å². The zero-order chi connectivity index (χ0) is 15.4. The van der Waals surface area contributed by atoms with E-state index in [1.54, 1.807) is 9.80 Å². The first kappa shape index (κ1) is 16.1. The van der Waals surface area contributed by atoms with Gasteiger partial charge in [0.05, 0.1) is 0 Å². The number of hydrogen-bond donors (Lipinski definition) is 1. The van der Waals surface area contributed by atoms with Gasteiger partial charge in [-0.3, -0.25) is 0 Å². The topological polar surface area (TPSA) is 64.1 Å². The Morgan fingerprint density at radius 2 is 1.81 bits per heavy atom. The molecule has 21 heavy (non-hydrogen) atoms. The first-order valence-corrected chi connectivity index (χ1v) is 8.03. The molecular weight excluding hydrogens is 270 g/mol. The van der Waals surface area contributed by atoms with Crippen LogP contribution in [0.5, 0.6) is 0 Å². The number of carboxylic acids is 1. The van der Waals surface area contributed by atoms with Crippen LogP contribution in [0, 0.1) is 0 Å². The molecule has 0 spiro atoms. The summed E-state index contributed by atoms with van der Waals surface area (Å²) in [5.74, 6) is -0.878. The van der Waals surface area contributed by atoms with Crippen molar-refractivity contribution >= 4 is 12.0 Å². The minimum atomic E-state index is -0.878. The fourth-order valence-corrected chi connectivity index (χ4v) is 3.40. The molecule has 1 unspecified atom stereocenters. The molecule has 2 aliphatic heterocycles. The second kappa shape index (κ2) is 7.11. The van der Waals surface area contributed by atoms with E-state index < -0.39 is 12.0 Å². The average molecular weight is 297 g/mol. The molecule has 0 saturated carbocycles. The summed E-state index contributed by atoms with van der Waals surface area (Å²) in [6.45, 7) is 5.80. The van der Waals surface area contributed by atoms with Crippen molar-refractivity contribution in [3.63, 3.8) is 0 Å². The van der Waals surface area contributed by atoms with Gasteiger partial charge in [0.2, 0.25) is 0 Å². The molecule has 2 fully saturated rings. The first-order valence-electron chi connectivity index (χ1n) is 8.03. The van der Waals surface area contributed by atoms with E-state index in [1.807, 2.05) is 7.05 Å². The third-order valence-corrected chi connectivity index (χ3v) is 4.89. The van der Waals surface area contributed by atoms with Gasteiger partial charge in [-0.25, -0.2) is 9.59 Å². The highest BCUT2D eigenvalue weighted by molar-refractivity contribution is 5.83. The van der Waals surface area contributed by atoms with Gasteiger partial charge < -0.3 is 19.8 Å². The van der Waals surface area contributed by atoms with Gasteiger partial charge in [0.1, 0.15) is 6.04 Å². The lowest BCUT2D eigenvalue weighted by molar-refractivity contribution is -0.143. The Balaban J connectivity index is 1.96. The van der Waals surface area contributed by atoms with Gasteiger partial charge in [0.15, 0.2) is 0 Å². The van der Waals surface area contributed by atoms with Crippen LogP contribution >= 0.6 is 0 Å². The lowest BCUT2D eigenvalue weighted by atomic mass is 10.0. The van der Waals surface area contributed by atoms with Crippen LogP contribution in [-0.2, 0) is 4.79 Å². The molecule has 2 aliphatic rings. The van der Waals surface area contributed by atoms with Gasteiger partial charge >= 0.3 is 12.0 Å². The second-order valence-corrected chi connectivity index (χ2v) is 6.10. The highest BCUT2D eigenvalue weighted by Crippen LogP contribution is 2.22. The number of piperidine rings is 2. The molecule has 2 rings (SSSR count). The number of hydrogen-bond acceptors (Lipinski definition) is 3. The van der Waals surface area contributed by atoms with Crippen molar-refractivity contribution in [3.05, 3.63) is 0 Å². The van der Waals surface area contributed by atoms with E-state index in [4.69, 9.17) is 0 Å². The van der Waals surface area contributed by atoms with Gasteiger partial charge in [-0.05, 0) is 38.6 Å². The third-order valence-electron chi connectivity index (χ3n) is 4.89. The van der Waals surface area contributed by atoms with E-state index in [-0.39, 0.29) is 12.1 Å². The predicted molar refractivity (Wildman–Crippen MR) is 80.3 cm³/mol. The lowest BCUT2D eigenvalue weighted by Crippen LogP contribution is -2.55. The first-order chi connectivity index (χ1) is 10.0. The summed E-state index contributed by atoms with van der Waals surface area (Å²) in [6.07, 6.45) is 4.31. The molecule has 0 bridgehead atoms. The number of nitrogens with zero attached hydrogens (tertiary/aromatic N) is 3. The quantitative estimate of drug-likeness (QED) is 0.856. The highest BCUT2D eigenvalue weighted by atomic mass is 16.4. The van der Waals surface area contributed by atoms with Crippen molar-refractivity contribution < 1.29 is 14.7 Å². The van der Waals surface area contributed by atoms with Crippen molar-refractivity contribution in [3.8, 4) is 0 Å². The summed E-state index contributed by atoms with van der Waals surface area (Å²) >= 11 is 0. The summed E-state index contributed by atoms with van der Waals surface area (Å²) < 4.78 is 0. The maximum atomic E-state index is 12.6. The molecule has 0 aromatic rings. The largest absolute Gasteiger partial charge is 0.480 e.